The fourth-order valence-corrected chi connectivity index (χ4v) is 2.79. The molecule has 0 aromatic carbocycles. The molecule has 2 heterocycles. The summed E-state index contributed by atoms with van der Waals surface area (Å²) < 4.78 is 15.7. The van der Waals surface area contributed by atoms with E-state index in [9.17, 15) is 9.59 Å². The number of hydrogen-bond donors (Lipinski definition) is 0. The maximum Gasteiger partial charge on any atom is 0.374 e. The molecule has 2 unspecified atom stereocenters. The molecule has 1 aromatic heterocycles. The molecule has 0 N–H and O–H groups in total. The van der Waals surface area contributed by atoms with Crippen molar-refractivity contribution in [3.63, 3.8) is 0 Å². The van der Waals surface area contributed by atoms with E-state index in [1.54, 1.807) is 0 Å². The highest BCUT2D eigenvalue weighted by molar-refractivity contribution is 5.90. The molecule has 3 rings (SSSR count). The van der Waals surface area contributed by atoms with Gasteiger partial charge >= 0.3 is 11.9 Å². The summed E-state index contributed by atoms with van der Waals surface area (Å²) in [4.78, 5) is 23.6. The van der Waals surface area contributed by atoms with E-state index in [1.807, 2.05) is 0 Å². The monoisotopic (exact) mass is 264 g/mol. The Labute approximate surface area is 110 Å². The van der Waals surface area contributed by atoms with Gasteiger partial charge in [-0.15, -0.1) is 0 Å². The van der Waals surface area contributed by atoms with Gasteiger partial charge in [0.1, 0.15) is 0 Å². The number of hydrogen-bond acceptors (Lipinski definition) is 5. The normalized spacial score (nSPS) is 27.8. The van der Waals surface area contributed by atoms with Crippen LogP contribution in [-0.4, -0.2) is 25.2 Å². The van der Waals surface area contributed by atoms with Gasteiger partial charge in [-0.3, -0.25) is 0 Å². The lowest BCUT2D eigenvalue weighted by molar-refractivity contribution is 0.0146. The van der Waals surface area contributed by atoms with E-state index < -0.39 is 11.9 Å². The van der Waals surface area contributed by atoms with Crippen molar-refractivity contribution in [2.45, 2.75) is 25.7 Å². The smallest absolute Gasteiger partial charge is 0.374 e. The maximum absolute atomic E-state index is 11.8. The highest BCUT2D eigenvalue weighted by Gasteiger charge is 2.30. The molecule has 0 saturated heterocycles. The molecule has 0 radical (unpaired) electrons. The molecule has 1 fully saturated rings. The number of carbonyl (C=O) groups excluding carboxylic acids is 2. The van der Waals surface area contributed by atoms with Gasteiger partial charge in [0.15, 0.2) is 0 Å². The molecule has 102 valence electrons. The van der Waals surface area contributed by atoms with E-state index in [1.165, 1.54) is 12.1 Å². The Morgan fingerprint density at radius 1 is 0.842 bits per heavy atom. The van der Waals surface area contributed by atoms with Gasteiger partial charge in [-0.1, -0.05) is 12.8 Å². The van der Waals surface area contributed by atoms with Crippen LogP contribution in [0, 0.1) is 11.8 Å². The van der Waals surface area contributed by atoms with Crippen molar-refractivity contribution in [1.29, 1.82) is 0 Å². The van der Waals surface area contributed by atoms with E-state index in [2.05, 4.69) is 0 Å². The topological polar surface area (TPSA) is 65.7 Å². The molecule has 1 saturated carbocycles. The third kappa shape index (κ3) is 2.50. The van der Waals surface area contributed by atoms with Crippen molar-refractivity contribution in [3.05, 3.63) is 23.7 Å². The van der Waals surface area contributed by atoms with Crippen LogP contribution in [0.15, 0.2) is 16.5 Å². The molecule has 5 nitrogen and oxygen atoms in total. The van der Waals surface area contributed by atoms with Crippen LogP contribution in [-0.2, 0) is 9.47 Å². The number of ether oxygens (including phenoxy) is 2. The minimum Gasteiger partial charge on any atom is -0.460 e. The first-order chi connectivity index (χ1) is 9.24. The molecule has 2 bridgehead atoms. The lowest BCUT2D eigenvalue weighted by Gasteiger charge is -2.30. The Balaban J connectivity index is 1.83. The van der Waals surface area contributed by atoms with E-state index in [0.29, 0.717) is 13.2 Å². The van der Waals surface area contributed by atoms with Crippen molar-refractivity contribution in [2.24, 2.45) is 11.8 Å². The quantitative estimate of drug-likeness (QED) is 0.673. The highest BCUT2D eigenvalue weighted by Crippen LogP contribution is 2.31. The summed E-state index contributed by atoms with van der Waals surface area (Å²) in [5.74, 6) is -0.355. The van der Waals surface area contributed by atoms with Crippen LogP contribution in [0.25, 0.3) is 0 Å². The van der Waals surface area contributed by atoms with Crippen LogP contribution < -0.4 is 0 Å². The third-order valence-electron chi connectivity index (χ3n) is 3.93. The van der Waals surface area contributed by atoms with Crippen molar-refractivity contribution < 1.29 is 23.5 Å². The van der Waals surface area contributed by atoms with Crippen molar-refractivity contribution >= 4 is 11.9 Å². The number of fused-ring (bicyclic) bond motifs is 3. The van der Waals surface area contributed by atoms with Crippen molar-refractivity contribution in [3.8, 4) is 0 Å². The van der Waals surface area contributed by atoms with Crippen LogP contribution >= 0.6 is 0 Å². The second-order valence-corrected chi connectivity index (χ2v) is 5.17. The average molecular weight is 264 g/mol. The molecule has 2 atom stereocenters. The molecule has 1 aromatic rings. The molecular formula is C14H16O5. The summed E-state index contributed by atoms with van der Waals surface area (Å²) in [6.45, 7) is 0.744. The first-order valence-corrected chi connectivity index (χ1v) is 6.68. The van der Waals surface area contributed by atoms with Gasteiger partial charge in [0.25, 0.3) is 0 Å². The van der Waals surface area contributed by atoms with Gasteiger partial charge in [-0.25, -0.2) is 9.59 Å². The van der Waals surface area contributed by atoms with E-state index in [-0.39, 0.29) is 23.4 Å². The number of carbonyl (C=O) groups is 2. The Kier molecular flexibility index (Phi) is 3.27. The van der Waals surface area contributed by atoms with Gasteiger partial charge in [0.2, 0.25) is 11.5 Å². The lowest BCUT2D eigenvalue weighted by Crippen LogP contribution is -2.29. The average Bonchev–Trinajstić information content (AvgIpc) is 2.91. The molecule has 0 amide bonds. The van der Waals surface area contributed by atoms with Crippen LogP contribution in [0.1, 0.15) is 46.8 Å². The molecule has 0 spiro atoms. The van der Waals surface area contributed by atoms with Gasteiger partial charge < -0.3 is 13.9 Å². The van der Waals surface area contributed by atoms with E-state index >= 15 is 0 Å². The first kappa shape index (κ1) is 12.3. The second-order valence-electron chi connectivity index (χ2n) is 5.17. The Bertz CT molecular complexity index is 447. The van der Waals surface area contributed by atoms with Crippen LogP contribution in [0.4, 0.5) is 0 Å². The van der Waals surface area contributed by atoms with Gasteiger partial charge in [-0.05, 0) is 36.8 Å². The Hall–Kier alpha value is -1.78. The molecule has 19 heavy (non-hydrogen) atoms. The maximum atomic E-state index is 11.8. The first-order valence-electron chi connectivity index (χ1n) is 6.68. The summed E-state index contributed by atoms with van der Waals surface area (Å²) in [5.41, 5.74) is 0. The van der Waals surface area contributed by atoms with Crippen LogP contribution in [0.5, 0.6) is 0 Å². The van der Waals surface area contributed by atoms with E-state index in [0.717, 1.165) is 25.7 Å². The van der Waals surface area contributed by atoms with Gasteiger partial charge in [-0.2, -0.15) is 0 Å². The van der Waals surface area contributed by atoms with Gasteiger partial charge in [0.05, 0.1) is 13.2 Å². The zero-order chi connectivity index (χ0) is 13.2. The molecule has 1 aliphatic heterocycles. The molecule has 5 heteroatoms. The molecule has 1 aliphatic carbocycles. The number of cyclic esters (lactones) is 2. The second kappa shape index (κ2) is 5.07. The standard InChI is InChI=1S/C14H16O5/c15-13-11-5-6-12(19-11)14(16)18-8-10-4-2-1-3-9(10)7-17-13/h5-6,9-10H,1-4,7-8H2. The Morgan fingerprint density at radius 2 is 1.32 bits per heavy atom. The fraction of sp³-hybridized carbons (Fsp3) is 0.571. The molecule has 2 aliphatic rings. The van der Waals surface area contributed by atoms with Gasteiger partial charge in [0, 0.05) is 0 Å². The minimum atomic E-state index is -0.509. The summed E-state index contributed by atoms with van der Waals surface area (Å²) >= 11 is 0. The summed E-state index contributed by atoms with van der Waals surface area (Å²) in [5, 5.41) is 0. The Morgan fingerprint density at radius 3 is 1.79 bits per heavy atom. The van der Waals surface area contributed by atoms with Crippen LogP contribution in [0.3, 0.4) is 0 Å². The van der Waals surface area contributed by atoms with Crippen LogP contribution in [0.2, 0.25) is 0 Å². The minimum absolute atomic E-state index is 0.0567. The third-order valence-corrected chi connectivity index (χ3v) is 3.93. The number of rotatable bonds is 0. The predicted molar refractivity (Wildman–Crippen MR) is 64.7 cm³/mol. The summed E-state index contributed by atoms with van der Waals surface area (Å²) in [6.07, 6.45) is 4.30. The highest BCUT2D eigenvalue weighted by atomic mass is 16.6. The fourth-order valence-electron chi connectivity index (χ4n) is 2.79. The van der Waals surface area contributed by atoms with Crippen molar-refractivity contribution in [2.75, 3.05) is 13.2 Å². The number of furan rings is 1. The zero-order valence-corrected chi connectivity index (χ0v) is 10.6. The predicted octanol–water partition coefficient (Wildman–Crippen LogP) is 2.41. The van der Waals surface area contributed by atoms with E-state index in [4.69, 9.17) is 13.9 Å². The summed E-state index contributed by atoms with van der Waals surface area (Å²) in [7, 11) is 0. The lowest BCUT2D eigenvalue weighted by atomic mass is 9.80. The number of esters is 2. The summed E-state index contributed by atoms with van der Waals surface area (Å²) in [6, 6.07) is 2.89. The van der Waals surface area contributed by atoms with Crippen molar-refractivity contribution in [1.82, 2.24) is 0 Å². The zero-order valence-electron chi connectivity index (χ0n) is 10.6. The molecular weight excluding hydrogens is 248 g/mol. The largest absolute Gasteiger partial charge is 0.460 e. The SMILES string of the molecule is O=C1OCC2CCCCC2COC(=O)c2ccc1o2.